The molecule has 0 saturated carbocycles. The molecule has 9 heteroatoms. The third-order valence-electron chi connectivity index (χ3n) is 10.0. The Bertz CT molecular complexity index is 2650. The van der Waals surface area contributed by atoms with Crippen LogP contribution in [0.5, 0.6) is 0 Å². The molecule has 8 rings (SSSR count). The summed E-state index contributed by atoms with van der Waals surface area (Å²) in [6, 6.07) is 40.4. The van der Waals surface area contributed by atoms with Gasteiger partial charge in [-0.25, -0.2) is 0 Å². The van der Waals surface area contributed by atoms with Gasteiger partial charge in [0.05, 0.1) is 36.1 Å². The fraction of sp³-hybridized carbons (Fsp3) is 0.250. The molecule has 5 aromatic carbocycles. The van der Waals surface area contributed by atoms with Crippen molar-refractivity contribution in [2.75, 3.05) is 0 Å². The number of rotatable bonds is 4. The summed E-state index contributed by atoms with van der Waals surface area (Å²) in [5, 5.41) is 2.73. The fourth-order valence-corrected chi connectivity index (χ4v) is 8.08. The minimum Gasteiger partial charge on any atom is -0.501 e. The van der Waals surface area contributed by atoms with E-state index in [1.54, 1.807) is 6.07 Å². The first-order chi connectivity index (χ1) is 26.3. The number of pyridine rings is 1. The normalized spacial score (nSPS) is 12.4. The number of furan rings is 1. The van der Waals surface area contributed by atoms with Crippen molar-refractivity contribution >= 4 is 46.2 Å². The molecule has 1 radical (unpaired) electrons. The zero-order valence-corrected chi connectivity index (χ0v) is 37.1. The van der Waals surface area contributed by atoms with Crippen LogP contribution in [-0.2, 0) is 37.1 Å². The van der Waals surface area contributed by atoms with E-state index in [4.69, 9.17) is 9.40 Å². The van der Waals surface area contributed by atoms with Gasteiger partial charge in [-0.05, 0) is 57.1 Å². The van der Waals surface area contributed by atoms with Gasteiger partial charge in [-0.2, -0.15) is 13.2 Å². The van der Waals surface area contributed by atoms with Crippen molar-refractivity contribution < 1.29 is 37.7 Å². The molecule has 0 spiro atoms. The summed E-state index contributed by atoms with van der Waals surface area (Å²) in [4.78, 5) is 9.59. The molecule has 0 aliphatic carbocycles. The van der Waals surface area contributed by atoms with Gasteiger partial charge in [0.1, 0.15) is 5.58 Å². The van der Waals surface area contributed by atoms with Crippen molar-refractivity contribution in [1.29, 1.82) is 0 Å². The van der Waals surface area contributed by atoms with Crippen LogP contribution in [0.4, 0.5) is 13.2 Å². The van der Waals surface area contributed by atoms with Crippen molar-refractivity contribution in [1.82, 2.24) is 14.5 Å². The molecular weight excluding hydrogens is 912 g/mol. The van der Waals surface area contributed by atoms with Crippen LogP contribution in [0.25, 0.3) is 61.3 Å². The Morgan fingerprint density at radius 1 is 0.702 bits per heavy atom. The SMILES string of the molecule is CC(C)(C)c1cccc(C(C)(C)C)c1-n1c(-c2[c-]ccc3c2oc2cc(C(F)(F)F)ccc23)nc2ccccc21.C[Si](C)(C)c1ccc(-c2[c-]cccc2)nc1.[Ir]. The molecule has 8 aromatic rings. The first-order valence-corrected chi connectivity index (χ1v) is 22.3. The number of para-hydroxylation sites is 3. The number of aromatic nitrogens is 3. The Kier molecular flexibility index (Phi) is 11.4. The van der Waals surface area contributed by atoms with Gasteiger partial charge in [0, 0.05) is 37.4 Å². The van der Waals surface area contributed by atoms with Gasteiger partial charge in [-0.3, -0.25) is 4.98 Å². The maximum Gasteiger partial charge on any atom is 0.416 e. The van der Waals surface area contributed by atoms with Gasteiger partial charge in [0.25, 0.3) is 0 Å². The average molecular weight is 958 g/mol. The number of alkyl halides is 3. The molecule has 0 atom stereocenters. The number of halogens is 3. The maximum absolute atomic E-state index is 13.5. The van der Waals surface area contributed by atoms with Crippen LogP contribution in [0.3, 0.4) is 0 Å². The summed E-state index contributed by atoms with van der Waals surface area (Å²) in [7, 11) is -1.23. The number of hydrogen-bond donors (Lipinski definition) is 0. The van der Waals surface area contributed by atoms with E-state index in [1.165, 1.54) is 11.3 Å². The molecule has 0 bridgehead atoms. The Balaban J connectivity index is 0.000000271. The second-order valence-electron chi connectivity index (χ2n) is 17.3. The molecular formula is C48H46F3IrN3OSi-2. The van der Waals surface area contributed by atoms with Gasteiger partial charge in [-0.1, -0.05) is 121 Å². The minimum atomic E-state index is -4.46. The van der Waals surface area contributed by atoms with Gasteiger partial charge < -0.3 is 14.0 Å². The van der Waals surface area contributed by atoms with Crippen LogP contribution in [0.1, 0.15) is 58.2 Å². The van der Waals surface area contributed by atoms with E-state index in [0.29, 0.717) is 22.4 Å². The zero-order chi connectivity index (χ0) is 40.2. The van der Waals surface area contributed by atoms with E-state index in [0.717, 1.165) is 56.6 Å². The van der Waals surface area contributed by atoms with E-state index in [9.17, 15) is 13.2 Å². The van der Waals surface area contributed by atoms with Crippen LogP contribution in [0.2, 0.25) is 19.6 Å². The third kappa shape index (κ3) is 8.43. The maximum atomic E-state index is 13.5. The molecule has 4 nitrogen and oxygen atoms in total. The first-order valence-electron chi connectivity index (χ1n) is 18.8. The number of hydrogen-bond acceptors (Lipinski definition) is 3. The van der Waals surface area contributed by atoms with Crippen molar-refractivity contribution in [3.8, 4) is 28.3 Å². The van der Waals surface area contributed by atoms with Crippen LogP contribution >= 0.6 is 0 Å². The first kappa shape index (κ1) is 41.8. The van der Waals surface area contributed by atoms with Crippen molar-refractivity contribution in [3.63, 3.8) is 0 Å². The van der Waals surface area contributed by atoms with Crippen molar-refractivity contribution in [3.05, 3.63) is 144 Å². The molecule has 0 amide bonds. The number of fused-ring (bicyclic) bond motifs is 4. The monoisotopic (exact) mass is 958 g/mol. The molecule has 3 aromatic heterocycles. The van der Waals surface area contributed by atoms with Crippen LogP contribution in [0.15, 0.2) is 120 Å². The molecule has 3 heterocycles. The van der Waals surface area contributed by atoms with Crippen LogP contribution in [0, 0.1) is 12.1 Å². The number of imidazole rings is 1. The van der Waals surface area contributed by atoms with Crippen LogP contribution in [-0.4, -0.2) is 22.6 Å². The molecule has 0 N–H and O–H groups in total. The van der Waals surface area contributed by atoms with Crippen molar-refractivity contribution in [2.45, 2.75) is 78.2 Å². The third-order valence-corrected chi connectivity index (χ3v) is 12.1. The second-order valence-corrected chi connectivity index (χ2v) is 22.4. The second kappa shape index (κ2) is 15.5. The van der Waals surface area contributed by atoms with Gasteiger partial charge in [0.2, 0.25) is 0 Å². The summed E-state index contributed by atoms with van der Waals surface area (Å²) in [6.45, 7) is 20.2. The molecule has 295 valence electrons. The number of nitrogens with zero attached hydrogens (tertiary/aromatic N) is 3. The summed E-state index contributed by atoms with van der Waals surface area (Å²) >= 11 is 0. The van der Waals surface area contributed by atoms with E-state index in [1.807, 2.05) is 60.8 Å². The summed E-state index contributed by atoms with van der Waals surface area (Å²) < 4.78 is 48.8. The molecule has 0 fully saturated rings. The Labute approximate surface area is 347 Å². The molecule has 0 saturated heterocycles. The van der Waals surface area contributed by atoms with E-state index >= 15 is 0 Å². The predicted molar refractivity (Wildman–Crippen MR) is 227 cm³/mol. The summed E-state index contributed by atoms with van der Waals surface area (Å²) in [5.41, 5.74) is 7.31. The largest absolute Gasteiger partial charge is 0.501 e. The average Bonchev–Trinajstić information content (AvgIpc) is 3.72. The zero-order valence-electron chi connectivity index (χ0n) is 33.7. The van der Waals surface area contributed by atoms with Crippen LogP contribution < -0.4 is 5.19 Å². The van der Waals surface area contributed by atoms with Gasteiger partial charge in [-0.15, -0.1) is 54.1 Å². The topological polar surface area (TPSA) is 43.9 Å². The molecule has 57 heavy (non-hydrogen) atoms. The van der Waals surface area contributed by atoms with Crippen molar-refractivity contribution in [2.24, 2.45) is 0 Å². The smallest absolute Gasteiger partial charge is 0.416 e. The standard InChI is InChI=1S/C34H30F3N2O.C14H16NSi.Ir/c1-32(2,3)24-13-10-14-25(33(4,5)6)29(24)39-27-16-8-7-15-26(27)38-31(39)23-12-9-11-22-21-18-17-20(34(35,36)37)19-28(21)40-30(22)23;1-16(2,3)13-9-10-14(15-11-13)12-7-5-4-6-8-12;/h7-11,13-19H,1-6H3;4-7,9-11H,1-3H3;/q2*-1;. The van der Waals surface area contributed by atoms with E-state index in [-0.39, 0.29) is 36.5 Å². The van der Waals surface area contributed by atoms with E-state index in [2.05, 4.69) is 113 Å². The molecule has 0 aliphatic rings. The summed E-state index contributed by atoms with van der Waals surface area (Å²) in [5.74, 6) is 0.629. The minimum absolute atomic E-state index is 0. The van der Waals surface area contributed by atoms with Gasteiger partial charge in [0.15, 0.2) is 0 Å². The molecule has 0 unspecified atom stereocenters. The predicted octanol–water partition coefficient (Wildman–Crippen LogP) is 13.1. The van der Waals surface area contributed by atoms with Gasteiger partial charge >= 0.3 is 6.18 Å². The summed E-state index contributed by atoms with van der Waals surface area (Å²) in [6.07, 6.45) is -2.45. The Morgan fingerprint density at radius 3 is 1.98 bits per heavy atom. The quantitative estimate of drug-likeness (QED) is 0.130. The Hall–Kier alpha value is -4.82. The number of benzene rings is 5. The van der Waals surface area contributed by atoms with E-state index < -0.39 is 19.8 Å². The Morgan fingerprint density at radius 2 is 1.39 bits per heavy atom. The molecule has 0 aliphatic heterocycles. The fourth-order valence-electron chi connectivity index (χ4n) is 7.05.